The molecule has 0 saturated heterocycles. The van der Waals surface area contributed by atoms with E-state index in [1.165, 1.54) is 24.1 Å². The summed E-state index contributed by atoms with van der Waals surface area (Å²) in [7, 11) is 1.17. The zero-order valence-electron chi connectivity index (χ0n) is 22.7. The maximum Gasteiger partial charge on any atom is 0.408 e. The van der Waals surface area contributed by atoms with Gasteiger partial charge >= 0.3 is 12.1 Å². The normalized spacial score (nSPS) is 12.6. The van der Waals surface area contributed by atoms with Gasteiger partial charge in [-0.3, -0.25) is 19.2 Å². The number of benzene rings is 1. The van der Waals surface area contributed by atoms with Gasteiger partial charge in [-0.05, 0) is 39.7 Å². The van der Waals surface area contributed by atoms with Crippen molar-refractivity contribution in [3.8, 4) is 5.75 Å². The van der Waals surface area contributed by atoms with Crippen LogP contribution in [-0.2, 0) is 28.7 Å². The second kappa shape index (κ2) is 15.4. The number of unbranched alkanes of at least 4 members (excludes halogenated alkanes) is 2. The third-order valence-electron chi connectivity index (χ3n) is 5.38. The van der Waals surface area contributed by atoms with Crippen molar-refractivity contribution >= 4 is 29.8 Å². The Morgan fingerprint density at radius 3 is 2.32 bits per heavy atom. The third-order valence-corrected chi connectivity index (χ3v) is 5.38. The van der Waals surface area contributed by atoms with Crippen LogP contribution in [0.5, 0.6) is 5.75 Å². The van der Waals surface area contributed by atoms with Gasteiger partial charge in [0.05, 0.1) is 7.11 Å². The first-order valence-electron chi connectivity index (χ1n) is 12.5. The molecule has 0 radical (unpaired) electrons. The summed E-state index contributed by atoms with van der Waals surface area (Å²) in [5.41, 5.74) is 4.56. The average molecular weight is 537 g/mol. The number of hydrogen-bond donors (Lipinski definition) is 4. The monoisotopic (exact) mass is 536 g/mol. The molecule has 2 unspecified atom stereocenters. The molecule has 38 heavy (non-hydrogen) atoms. The van der Waals surface area contributed by atoms with E-state index in [0.29, 0.717) is 6.42 Å². The van der Waals surface area contributed by atoms with Crippen LogP contribution in [0.4, 0.5) is 4.79 Å². The number of esters is 1. The summed E-state index contributed by atoms with van der Waals surface area (Å²) in [5.74, 6) is -3.06. The van der Waals surface area contributed by atoms with Gasteiger partial charge in [-0.1, -0.05) is 38.0 Å². The van der Waals surface area contributed by atoms with Crippen molar-refractivity contribution in [2.75, 3.05) is 20.2 Å². The summed E-state index contributed by atoms with van der Waals surface area (Å²) in [4.78, 5) is 64.3. The number of aromatic hydroxyl groups is 1. The highest BCUT2D eigenvalue weighted by Crippen LogP contribution is 2.30. The lowest BCUT2D eigenvalue weighted by atomic mass is 10.00. The van der Waals surface area contributed by atoms with E-state index in [2.05, 4.69) is 15.4 Å². The molecule has 0 aliphatic heterocycles. The first-order chi connectivity index (χ1) is 17.8. The lowest BCUT2D eigenvalue weighted by Crippen LogP contribution is -2.53. The number of rotatable bonds is 14. The van der Waals surface area contributed by atoms with Crippen molar-refractivity contribution in [1.29, 1.82) is 0 Å². The van der Waals surface area contributed by atoms with Gasteiger partial charge in [0.25, 0.3) is 0 Å². The zero-order valence-corrected chi connectivity index (χ0v) is 22.7. The molecular formula is C26H40N4O8. The molecular weight excluding hydrogens is 496 g/mol. The van der Waals surface area contributed by atoms with Crippen LogP contribution in [-0.4, -0.2) is 71.6 Å². The van der Waals surface area contributed by atoms with Crippen LogP contribution in [0.25, 0.3) is 0 Å². The molecule has 12 heteroatoms. The summed E-state index contributed by atoms with van der Waals surface area (Å²) in [6, 6.07) is 3.38. The number of phenols is 1. The number of ether oxygens (including phenoxy) is 2. The molecule has 12 nitrogen and oxygen atoms in total. The Bertz CT molecular complexity index is 976. The van der Waals surface area contributed by atoms with E-state index in [0.717, 1.165) is 12.8 Å². The molecule has 2 atom stereocenters. The molecule has 0 aromatic heterocycles. The van der Waals surface area contributed by atoms with Crippen LogP contribution in [0.2, 0.25) is 0 Å². The molecule has 5 N–H and O–H groups in total. The standard InChI is InChI=1S/C26H40N4O8/c1-6-7-10-15-30(24(35)18(13-14-20(27)32)29-25(36)38-26(2,3)4)22(17-11-8-9-12-19(17)31)23(34)28-16-21(33)37-5/h8-9,11-12,18,22,31H,6-7,10,13-16H2,1-5H3,(H2,27,32)(H,28,34)(H,29,36). The van der Waals surface area contributed by atoms with E-state index in [-0.39, 0.29) is 30.7 Å². The van der Waals surface area contributed by atoms with Crippen molar-refractivity contribution in [2.45, 2.75) is 77.5 Å². The number of carbonyl (C=O) groups excluding carboxylic acids is 5. The highest BCUT2D eigenvalue weighted by molar-refractivity contribution is 5.93. The van der Waals surface area contributed by atoms with Gasteiger partial charge in [-0.2, -0.15) is 0 Å². The van der Waals surface area contributed by atoms with Gasteiger partial charge in [-0.15, -0.1) is 0 Å². The van der Waals surface area contributed by atoms with E-state index >= 15 is 0 Å². The molecule has 4 amide bonds. The van der Waals surface area contributed by atoms with Crippen LogP contribution in [0.3, 0.4) is 0 Å². The lowest BCUT2D eigenvalue weighted by Gasteiger charge is -2.34. The minimum Gasteiger partial charge on any atom is -0.508 e. The molecule has 0 spiro atoms. The average Bonchev–Trinajstić information content (AvgIpc) is 2.83. The predicted molar refractivity (Wildman–Crippen MR) is 139 cm³/mol. The van der Waals surface area contributed by atoms with Gasteiger partial charge in [0.1, 0.15) is 30.0 Å². The number of phenolic OH excluding ortho intramolecular Hbond substituents is 1. The van der Waals surface area contributed by atoms with Gasteiger partial charge < -0.3 is 35.8 Å². The van der Waals surface area contributed by atoms with Crippen LogP contribution in [0, 0.1) is 0 Å². The first-order valence-corrected chi connectivity index (χ1v) is 12.5. The number of nitrogens with zero attached hydrogens (tertiary/aromatic N) is 1. The van der Waals surface area contributed by atoms with Crippen LogP contribution in [0.15, 0.2) is 24.3 Å². The molecule has 0 aliphatic rings. The highest BCUT2D eigenvalue weighted by atomic mass is 16.6. The molecule has 1 aromatic rings. The summed E-state index contributed by atoms with van der Waals surface area (Å²) < 4.78 is 9.87. The SMILES string of the molecule is CCCCCN(C(=O)C(CCC(N)=O)NC(=O)OC(C)(C)C)C(C(=O)NCC(=O)OC)c1ccccc1O. The van der Waals surface area contributed by atoms with E-state index in [1.54, 1.807) is 32.9 Å². The Morgan fingerprint density at radius 1 is 1.11 bits per heavy atom. The Morgan fingerprint density at radius 2 is 1.76 bits per heavy atom. The summed E-state index contributed by atoms with van der Waals surface area (Å²) >= 11 is 0. The fourth-order valence-electron chi connectivity index (χ4n) is 3.59. The smallest absolute Gasteiger partial charge is 0.408 e. The maximum atomic E-state index is 13.9. The number of nitrogens with two attached hydrogens (primary N) is 1. The summed E-state index contributed by atoms with van der Waals surface area (Å²) in [6.45, 7) is 6.56. The number of hydrogen-bond acceptors (Lipinski definition) is 8. The van der Waals surface area contributed by atoms with Crippen LogP contribution >= 0.6 is 0 Å². The van der Waals surface area contributed by atoms with Gasteiger partial charge in [-0.25, -0.2) is 4.79 Å². The van der Waals surface area contributed by atoms with E-state index in [9.17, 15) is 29.1 Å². The number of carbonyl (C=O) groups is 5. The minimum atomic E-state index is -1.36. The number of methoxy groups -OCH3 is 1. The van der Waals surface area contributed by atoms with Gasteiger partial charge in [0.15, 0.2) is 0 Å². The van der Waals surface area contributed by atoms with Crippen molar-refractivity contribution in [3.05, 3.63) is 29.8 Å². The number of alkyl carbamates (subject to hydrolysis) is 1. The number of primary amides is 1. The Hall–Kier alpha value is -3.83. The van der Waals surface area contributed by atoms with Gasteiger partial charge in [0.2, 0.25) is 17.7 Å². The quantitative estimate of drug-likeness (QED) is 0.206. The van der Waals surface area contributed by atoms with Gasteiger partial charge in [0, 0.05) is 18.5 Å². The Balaban J connectivity index is 3.51. The van der Waals surface area contributed by atoms with Crippen molar-refractivity contribution in [3.63, 3.8) is 0 Å². The summed E-state index contributed by atoms with van der Waals surface area (Å²) in [6.07, 6.45) is 0.805. The van der Waals surface area contributed by atoms with Crippen molar-refractivity contribution in [1.82, 2.24) is 15.5 Å². The fourth-order valence-corrected chi connectivity index (χ4v) is 3.59. The molecule has 1 rings (SSSR count). The summed E-state index contributed by atoms with van der Waals surface area (Å²) in [5, 5.41) is 15.5. The molecule has 0 saturated carbocycles. The highest BCUT2D eigenvalue weighted by Gasteiger charge is 2.37. The zero-order chi connectivity index (χ0) is 28.9. The molecule has 1 aromatic carbocycles. The maximum absolute atomic E-state index is 13.9. The topological polar surface area (TPSA) is 177 Å². The van der Waals surface area contributed by atoms with E-state index in [4.69, 9.17) is 10.5 Å². The number of amides is 4. The predicted octanol–water partition coefficient (Wildman–Crippen LogP) is 1.90. The van der Waals surface area contributed by atoms with E-state index < -0.39 is 54.0 Å². The van der Waals surface area contributed by atoms with Crippen LogP contribution in [0.1, 0.15) is 71.4 Å². The Kier molecular flexibility index (Phi) is 13.1. The largest absolute Gasteiger partial charge is 0.508 e. The molecule has 212 valence electrons. The number of para-hydroxylation sites is 1. The minimum absolute atomic E-state index is 0.0837. The van der Waals surface area contributed by atoms with Crippen molar-refractivity contribution in [2.24, 2.45) is 5.73 Å². The second-order valence-electron chi connectivity index (χ2n) is 9.70. The Labute approximate surface area is 223 Å². The molecule has 0 bridgehead atoms. The first kappa shape index (κ1) is 32.2. The van der Waals surface area contributed by atoms with Crippen molar-refractivity contribution < 1.29 is 38.6 Å². The number of nitrogens with one attached hydrogen (secondary N) is 2. The fraction of sp³-hybridized carbons (Fsp3) is 0.577. The van der Waals surface area contributed by atoms with Crippen LogP contribution < -0.4 is 16.4 Å². The van der Waals surface area contributed by atoms with E-state index in [1.807, 2.05) is 6.92 Å². The molecule has 0 fully saturated rings. The third kappa shape index (κ3) is 11.1. The molecule has 0 heterocycles. The molecule has 0 aliphatic carbocycles. The lowest BCUT2D eigenvalue weighted by molar-refractivity contribution is -0.145. The second-order valence-corrected chi connectivity index (χ2v) is 9.70.